The summed E-state index contributed by atoms with van der Waals surface area (Å²) in [5.74, 6) is -1.21. The molecule has 0 saturated heterocycles. The standard InChI is InChI=1S/C19H12Cl4O5S/c20-11-4-1-3-10(9-11)19(29(26,27)28,16-14(24)5-2-6-15(16)25)12-7-8-13(21)18(23)17(12)22/h1-9,24-25H,(H,26,27,28). The molecule has 0 fully saturated rings. The van der Waals surface area contributed by atoms with Gasteiger partial charge in [-0.1, -0.05) is 70.7 Å². The lowest BCUT2D eigenvalue weighted by molar-refractivity contribution is 0.416. The zero-order valence-electron chi connectivity index (χ0n) is 14.3. The van der Waals surface area contributed by atoms with Gasteiger partial charge in [0.25, 0.3) is 10.1 Å². The Hall–Kier alpha value is -1.67. The summed E-state index contributed by atoms with van der Waals surface area (Å²) in [5, 5.41) is 20.8. The molecular weight excluding hydrogens is 482 g/mol. The van der Waals surface area contributed by atoms with Crippen molar-refractivity contribution in [1.29, 1.82) is 0 Å². The highest BCUT2D eigenvalue weighted by molar-refractivity contribution is 7.87. The molecule has 0 heterocycles. The average Bonchev–Trinajstić information content (AvgIpc) is 2.63. The second-order valence-electron chi connectivity index (χ2n) is 6.06. The predicted octanol–water partition coefficient (Wildman–Crippen LogP) is 5.89. The Balaban J connectivity index is 2.66. The fraction of sp³-hybridized carbons (Fsp3) is 0.0526. The Morgan fingerprint density at radius 1 is 0.793 bits per heavy atom. The van der Waals surface area contributed by atoms with E-state index in [1.54, 1.807) is 0 Å². The van der Waals surface area contributed by atoms with Crippen LogP contribution < -0.4 is 0 Å². The van der Waals surface area contributed by atoms with Gasteiger partial charge in [-0.2, -0.15) is 8.42 Å². The second kappa shape index (κ2) is 7.87. The van der Waals surface area contributed by atoms with E-state index >= 15 is 0 Å². The SMILES string of the molecule is O=S(=O)(O)C(c1cccc(Cl)c1)(c1ccc(Cl)c(Cl)c1Cl)c1c(O)cccc1O. The van der Waals surface area contributed by atoms with Gasteiger partial charge in [0, 0.05) is 10.6 Å². The van der Waals surface area contributed by atoms with Gasteiger partial charge in [0.15, 0.2) is 4.75 Å². The van der Waals surface area contributed by atoms with Crippen molar-refractivity contribution in [2.45, 2.75) is 4.75 Å². The van der Waals surface area contributed by atoms with Crippen LogP contribution in [-0.4, -0.2) is 23.2 Å². The molecule has 0 radical (unpaired) electrons. The highest BCUT2D eigenvalue weighted by atomic mass is 35.5. The van der Waals surface area contributed by atoms with Crippen LogP contribution in [0.4, 0.5) is 0 Å². The van der Waals surface area contributed by atoms with Crippen LogP contribution in [-0.2, 0) is 14.9 Å². The smallest absolute Gasteiger partial charge is 0.283 e. The third-order valence-corrected chi connectivity index (χ3v) is 7.37. The van der Waals surface area contributed by atoms with E-state index < -0.39 is 31.9 Å². The fourth-order valence-electron chi connectivity index (χ4n) is 3.25. The molecule has 3 aromatic rings. The van der Waals surface area contributed by atoms with Crippen molar-refractivity contribution in [3.8, 4) is 11.5 Å². The first kappa shape index (κ1) is 22.0. The van der Waals surface area contributed by atoms with Crippen molar-refractivity contribution < 1.29 is 23.2 Å². The maximum atomic E-state index is 13.0. The molecule has 0 aliphatic rings. The molecule has 3 rings (SSSR count). The van der Waals surface area contributed by atoms with E-state index in [1.807, 2.05) is 0 Å². The Kier molecular flexibility index (Phi) is 5.98. The largest absolute Gasteiger partial charge is 0.507 e. The van der Waals surface area contributed by atoms with Gasteiger partial charge in [-0.3, -0.25) is 4.55 Å². The van der Waals surface area contributed by atoms with Crippen LogP contribution in [0.25, 0.3) is 0 Å². The summed E-state index contributed by atoms with van der Waals surface area (Å²) in [6.45, 7) is 0. The molecule has 5 nitrogen and oxygen atoms in total. The average molecular weight is 494 g/mol. The predicted molar refractivity (Wildman–Crippen MR) is 114 cm³/mol. The molecule has 0 aliphatic carbocycles. The molecule has 1 unspecified atom stereocenters. The number of hydrogen-bond acceptors (Lipinski definition) is 4. The van der Waals surface area contributed by atoms with E-state index in [-0.39, 0.29) is 31.2 Å². The molecule has 0 saturated carbocycles. The lowest BCUT2D eigenvalue weighted by Gasteiger charge is -2.34. The molecule has 0 amide bonds. The maximum Gasteiger partial charge on any atom is 0.283 e. The highest BCUT2D eigenvalue weighted by Gasteiger charge is 2.53. The molecule has 3 N–H and O–H groups in total. The Bertz CT molecular complexity index is 1190. The monoisotopic (exact) mass is 492 g/mol. The summed E-state index contributed by atoms with van der Waals surface area (Å²) in [6, 6.07) is 11.7. The highest BCUT2D eigenvalue weighted by Crippen LogP contribution is 2.53. The number of benzene rings is 3. The Morgan fingerprint density at radius 3 is 1.93 bits per heavy atom. The topological polar surface area (TPSA) is 94.8 Å². The molecular formula is C19H12Cl4O5S. The number of phenols is 2. The summed E-state index contributed by atoms with van der Waals surface area (Å²) in [5.41, 5.74) is -0.857. The van der Waals surface area contributed by atoms with E-state index in [1.165, 1.54) is 42.5 Å². The molecule has 0 spiro atoms. The van der Waals surface area contributed by atoms with E-state index in [4.69, 9.17) is 46.4 Å². The van der Waals surface area contributed by atoms with Gasteiger partial charge in [0.1, 0.15) is 11.5 Å². The molecule has 10 heteroatoms. The summed E-state index contributed by atoms with van der Waals surface area (Å²) in [4.78, 5) is 0. The zero-order valence-corrected chi connectivity index (χ0v) is 18.1. The molecule has 0 bridgehead atoms. The van der Waals surface area contributed by atoms with E-state index in [9.17, 15) is 23.2 Å². The van der Waals surface area contributed by atoms with Crippen molar-refractivity contribution in [3.63, 3.8) is 0 Å². The number of hydrogen-bond donors (Lipinski definition) is 3. The van der Waals surface area contributed by atoms with E-state index in [2.05, 4.69) is 0 Å². The van der Waals surface area contributed by atoms with Crippen LogP contribution in [0.5, 0.6) is 11.5 Å². The van der Waals surface area contributed by atoms with Crippen LogP contribution in [0.15, 0.2) is 54.6 Å². The van der Waals surface area contributed by atoms with Crippen LogP contribution in [0.2, 0.25) is 20.1 Å². The van der Waals surface area contributed by atoms with Crippen LogP contribution in [0.3, 0.4) is 0 Å². The van der Waals surface area contributed by atoms with Crippen molar-refractivity contribution in [2.24, 2.45) is 0 Å². The number of rotatable bonds is 4. The molecule has 29 heavy (non-hydrogen) atoms. The van der Waals surface area contributed by atoms with E-state index in [0.29, 0.717) is 0 Å². The Morgan fingerprint density at radius 2 is 1.38 bits per heavy atom. The zero-order chi connectivity index (χ0) is 21.6. The van der Waals surface area contributed by atoms with Gasteiger partial charge >= 0.3 is 0 Å². The van der Waals surface area contributed by atoms with Crippen molar-refractivity contribution >= 4 is 56.5 Å². The van der Waals surface area contributed by atoms with Gasteiger partial charge in [0.2, 0.25) is 0 Å². The van der Waals surface area contributed by atoms with Crippen LogP contribution in [0, 0.1) is 0 Å². The molecule has 0 aliphatic heterocycles. The summed E-state index contributed by atoms with van der Waals surface area (Å²) in [7, 11) is -5.16. The van der Waals surface area contributed by atoms with Crippen LogP contribution >= 0.6 is 46.4 Å². The molecule has 1 atom stereocenters. The minimum absolute atomic E-state index is 0.0391. The van der Waals surface area contributed by atoms with Gasteiger partial charge in [-0.25, -0.2) is 0 Å². The quantitative estimate of drug-likeness (QED) is 0.239. The maximum absolute atomic E-state index is 13.0. The van der Waals surface area contributed by atoms with Gasteiger partial charge < -0.3 is 10.2 Å². The van der Waals surface area contributed by atoms with Gasteiger partial charge in [-0.15, -0.1) is 0 Å². The normalized spacial score (nSPS) is 13.8. The minimum atomic E-state index is -5.16. The fourth-order valence-corrected chi connectivity index (χ4v) is 5.51. The number of phenolic OH excluding ortho intramolecular Hbond substituents is 2. The number of halogens is 4. The molecule has 0 aromatic heterocycles. The second-order valence-corrected chi connectivity index (χ2v) is 9.22. The Labute approximate surface area is 186 Å². The number of aromatic hydroxyl groups is 2. The first-order chi connectivity index (χ1) is 13.5. The van der Waals surface area contributed by atoms with Gasteiger partial charge in [-0.05, 0) is 35.9 Å². The molecule has 152 valence electrons. The third-order valence-electron chi connectivity index (χ3n) is 4.41. The lowest BCUT2D eigenvalue weighted by atomic mass is 9.83. The molecule has 3 aromatic carbocycles. The van der Waals surface area contributed by atoms with Crippen LogP contribution in [0.1, 0.15) is 16.7 Å². The third kappa shape index (κ3) is 3.54. The van der Waals surface area contributed by atoms with Crippen molar-refractivity contribution in [1.82, 2.24) is 0 Å². The summed E-state index contributed by atoms with van der Waals surface area (Å²) < 4.78 is 33.9. The first-order valence-electron chi connectivity index (χ1n) is 7.90. The first-order valence-corrected chi connectivity index (χ1v) is 10.9. The van der Waals surface area contributed by atoms with Crippen molar-refractivity contribution in [2.75, 3.05) is 0 Å². The lowest BCUT2D eigenvalue weighted by Crippen LogP contribution is -2.38. The summed E-state index contributed by atoms with van der Waals surface area (Å²) >= 11 is 24.5. The van der Waals surface area contributed by atoms with Gasteiger partial charge in [0.05, 0.1) is 20.6 Å². The summed E-state index contributed by atoms with van der Waals surface area (Å²) in [6.07, 6.45) is 0. The van der Waals surface area contributed by atoms with Crippen molar-refractivity contribution in [3.05, 3.63) is 91.4 Å². The minimum Gasteiger partial charge on any atom is -0.507 e. The van der Waals surface area contributed by atoms with E-state index in [0.717, 1.165) is 12.1 Å².